The van der Waals surface area contributed by atoms with Gasteiger partial charge in [0.25, 0.3) is 11.8 Å². The van der Waals surface area contributed by atoms with Crippen LogP contribution in [0, 0.1) is 6.92 Å². The van der Waals surface area contributed by atoms with Crippen LogP contribution in [0.25, 0.3) is 22.2 Å². The highest BCUT2D eigenvalue weighted by Crippen LogP contribution is 2.29. The number of carbonyl (C=O) groups excluding carboxylic acids is 2. The van der Waals surface area contributed by atoms with Crippen molar-refractivity contribution < 1.29 is 9.59 Å². The Morgan fingerprint density at radius 2 is 1.63 bits per heavy atom. The van der Waals surface area contributed by atoms with Gasteiger partial charge < -0.3 is 0 Å². The molecule has 0 radical (unpaired) electrons. The summed E-state index contributed by atoms with van der Waals surface area (Å²) in [4.78, 5) is 33.9. The number of hydrogen-bond acceptors (Lipinski definition) is 4. The molecule has 0 atom stereocenters. The smallest absolute Gasteiger partial charge is 0.267 e. The zero-order valence-electron chi connectivity index (χ0n) is 16.0. The van der Waals surface area contributed by atoms with Gasteiger partial charge in [-0.25, -0.2) is 4.98 Å². The molecule has 0 aliphatic rings. The highest BCUT2D eigenvalue weighted by Gasteiger charge is 2.16. The van der Waals surface area contributed by atoms with Crippen molar-refractivity contribution in [2.24, 2.45) is 0 Å². The number of hydrazine groups is 1. The number of nitrogens with one attached hydrogen (secondary N) is 2. The van der Waals surface area contributed by atoms with Gasteiger partial charge >= 0.3 is 0 Å². The molecule has 2 heterocycles. The summed E-state index contributed by atoms with van der Waals surface area (Å²) in [6.45, 7) is 1.83. The maximum atomic E-state index is 12.9. The molecule has 0 saturated heterocycles. The number of benzene rings is 2. The fourth-order valence-corrected chi connectivity index (χ4v) is 3.26. The summed E-state index contributed by atoms with van der Waals surface area (Å²) in [5.41, 5.74) is 8.34. The number of pyridine rings is 2. The van der Waals surface area contributed by atoms with Gasteiger partial charge in [-0.3, -0.25) is 25.4 Å². The molecule has 148 valence electrons. The van der Waals surface area contributed by atoms with E-state index in [9.17, 15) is 9.59 Å². The first-order valence-corrected chi connectivity index (χ1v) is 9.59. The number of fused-ring (bicyclic) bond motifs is 1. The van der Waals surface area contributed by atoms with E-state index < -0.39 is 11.8 Å². The molecule has 2 amide bonds. The Morgan fingerprint density at radius 3 is 2.40 bits per heavy atom. The zero-order chi connectivity index (χ0) is 21.1. The second kappa shape index (κ2) is 8.31. The van der Waals surface area contributed by atoms with Gasteiger partial charge in [0.1, 0.15) is 0 Å². The number of para-hydroxylation sites is 1. The van der Waals surface area contributed by atoms with E-state index in [1.165, 1.54) is 6.20 Å². The van der Waals surface area contributed by atoms with Crippen molar-refractivity contribution in [3.05, 3.63) is 94.8 Å². The largest absolute Gasteiger partial charge is 0.271 e. The predicted octanol–water partition coefficient (Wildman–Crippen LogP) is 4.33. The number of aromatic nitrogens is 2. The molecule has 0 aliphatic heterocycles. The van der Waals surface area contributed by atoms with Gasteiger partial charge in [-0.15, -0.1) is 0 Å². The summed E-state index contributed by atoms with van der Waals surface area (Å²) >= 11 is 6.32. The van der Waals surface area contributed by atoms with Crippen LogP contribution >= 0.6 is 11.6 Å². The maximum absolute atomic E-state index is 12.9. The van der Waals surface area contributed by atoms with E-state index in [4.69, 9.17) is 11.6 Å². The molecule has 0 unspecified atom stereocenters. The van der Waals surface area contributed by atoms with Crippen LogP contribution in [0.3, 0.4) is 0 Å². The molecule has 0 fully saturated rings. The second-order valence-electron chi connectivity index (χ2n) is 6.65. The molecule has 7 heteroatoms. The van der Waals surface area contributed by atoms with Crippen LogP contribution in [0.15, 0.2) is 72.9 Å². The highest BCUT2D eigenvalue weighted by molar-refractivity contribution is 6.33. The second-order valence-corrected chi connectivity index (χ2v) is 7.06. The van der Waals surface area contributed by atoms with Crippen LogP contribution in [0.1, 0.15) is 26.4 Å². The van der Waals surface area contributed by atoms with Crippen LogP contribution in [-0.4, -0.2) is 21.8 Å². The summed E-state index contributed by atoms with van der Waals surface area (Å²) < 4.78 is 0. The van der Waals surface area contributed by atoms with E-state index in [2.05, 4.69) is 20.8 Å². The van der Waals surface area contributed by atoms with E-state index in [0.717, 1.165) is 5.69 Å². The maximum Gasteiger partial charge on any atom is 0.271 e. The number of halogens is 1. The lowest BCUT2D eigenvalue weighted by Gasteiger charge is -2.12. The van der Waals surface area contributed by atoms with Crippen molar-refractivity contribution in [2.45, 2.75) is 6.92 Å². The molecule has 30 heavy (non-hydrogen) atoms. The molecule has 2 aromatic heterocycles. The van der Waals surface area contributed by atoms with Crippen LogP contribution in [0.5, 0.6) is 0 Å². The lowest BCUT2D eigenvalue weighted by Crippen LogP contribution is -2.41. The van der Waals surface area contributed by atoms with Crippen molar-refractivity contribution in [1.29, 1.82) is 0 Å². The van der Waals surface area contributed by atoms with E-state index in [0.29, 0.717) is 38.3 Å². The lowest BCUT2D eigenvalue weighted by atomic mass is 10.0. The number of amides is 2. The third-order valence-corrected chi connectivity index (χ3v) is 4.90. The van der Waals surface area contributed by atoms with Crippen LogP contribution in [-0.2, 0) is 0 Å². The molecule has 0 spiro atoms. The first-order chi connectivity index (χ1) is 14.5. The summed E-state index contributed by atoms with van der Waals surface area (Å²) in [6, 6.07) is 19.6. The first kappa shape index (κ1) is 19.5. The van der Waals surface area contributed by atoms with Gasteiger partial charge in [0, 0.05) is 27.9 Å². The molecule has 0 saturated carbocycles. The Kier molecular flexibility index (Phi) is 5.41. The highest BCUT2D eigenvalue weighted by atomic mass is 35.5. The lowest BCUT2D eigenvalue weighted by molar-refractivity contribution is 0.0847. The summed E-state index contributed by atoms with van der Waals surface area (Å²) in [7, 11) is 0. The third-order valence-electron chi connectivity index (χ3n) is 4.57. The van der Waals surface area contributed by atoms with Crippen molar-refractivity contribution in [3.63, 3.8) is 0 Å². The van der Waals surface area contributed by atoms with Crippen molar-refractivity contribution in [1.82, 2.24) is 20.8 Å². The van der Waals surface area contributed by atoms with Gasteiger partial charge in [-0.1, -0.05) is 48.0 Å². The topological polar surface area (TPSA) is 84.0 Å². The Balaban J connectivity index is 1.65. The quantitative estimate of drug-likeness (QED) is 0.487. The van der Waals surface area contributed by atoms with Crippen molar-refractivity contribution in [2.75, 3.05) is 0 Å². The molecule has 0 bridgehead atoms. The van der Waals surface area contributed by atoms with Gasteiger partial charge in [-0.05, 0) is 37.3 Å². The summed E-state index contributed by atoms with van der Waals surface area (Å²) in [5.74, 6) is -0.920. The standard InChI is InChI=1S/C23H17ClN4O2/c1-14-10-11-15(13-25-14)22(29)27-28-23(30)18-12-21(17-7-2-4-8-19(17)24)26-20-9-5-3-6-16(18)20/h2-13H,1H3,(H,27,29)(H,28,30). The molecule has 2 N–H and O–H groups in total. The minimum atomic E-state index is -0.463. The van der Waals surface area contributed by atoms with Gasteiger partial charge in [0.2, 0.25) is 0 Å². The summed E-state index contributed by atoms with van der Waals surface area (Å²) in [5, 5.41) is 1.20. The minimum absolute atomic E-state index is 0.345. The molecular formula is C23H17ClN4O2. The van der Waals surface area contributed by atoms with E-state index in [1.807, 2.05) is 43.3 Å². The van der Waals surface area contributed by atoms with E-state index in [-0.39, 0.29) is 0 Å². The summed E-state index contributed by atoms with van der Waals surface area (Å²) in [6.07, 6.45) is 1.45. The number of hydrogen-bond donors (Lipinski definition) is 2. The fourth-order valence-electron chi connectivity index (χ4n) is 3.03. The van der Waals surface area contributed by atoms with Gasteiger partial charge in [0.05, 0.1) is 22.3 Å². The zero-order valence-corrected chi connectivity index (χ0v) is 16.8. The molecular weight excluding hydrogens is 400 g/mol. The normalized spacial score (nSPS) is 10.6. The Bertz CT molecular complexity index is 1260. The Morgan fingerprint density at radius 1 is 0.900 bits per heavy atom. The molecule has 2 aromatic carbocycles. The van der Waals surface area contributed by atoms with Gasteiger partial charge in [-0.2, -0.15) is 0 Å². The van der Waals surface area contributed by atoms with Crippen molar-refractivity contribution in [3.8, 4) is 11.3 Å². The molecule has 4 rings (SSSR count). The number of rotatable bonds is 3. The van der Waals surface area contributed by atoms with Gasteiger partial charge in [0.15, 0.2) is 0 Å². The Labute approximate surface area is 177 Å². The number of aryl methyl sites for hydroxylation is 1. The minimum Gasteiger partial charge on any atom is -0.267 e. The SMILES string of the molecule is Cc1ccc(C(=O)NNC(=O)c2cc(-c3ccccc3Cl)nc3ccccc23)cn1. The number of carbonyl (C=O) groups is 2. The van der Waals surface area contributed by atoms with Crippen molar-refractivity contribution >= 4 is 34.3 Å². The monoisotopic (exact) mass is 416 g/mol. The van der Waals surface area contributed by atoms with Crippen LogP contribution < -0.4 is 10.9 Å². The average molecular weight is 417 g/mol. The predicted molar refractivity (Wildman–Crippen MR) is 116 cm³/mol. The number of nitrogens with zero attached hydrogens (tertiary/aromatic N) is 2. The first-order valence-electron chi connectivity index (χ1n) is 9.21. The molecule has 0 aliphatic carbocycles. The van der Waals surface area contributed by atoms with E-state index >= 15 is 0 Å². The van der Waals surface area contributed by atoms with E-state index in [1.54, 1.807) is 30.3 Å². The third kappa shape index (κ3) is 3.99. The average Bonchev–Trinajstić information content (AvgIpc) is 2.77. The fraction of sp³-hybridized carbons (Fsp3) is 0.0435. The molecule has 6 nitrogen and oxygen atoms in total. The van der Waals surface area contributed by atoms with Crippen LogP contribution in [0.4, 0.5) is 0 Å². The Hall–Kier alpha value is -3.77. The van der Waals surface area contributed by atoms with Crippen LogP contribution in [0.2, 0.25) is 5.02 Å². The molecule has 4 aromatic rings.